The predicted octanol–water partition coefficient (Wildman–Crippen LogP) is 1.44. The Hall–Kier alpha value is -0.660. The van der Waals surface area contributed by atoms with Gasteiger partial charge in [-0.2, -0.15) is 17.4 Å². The van der Waals surface area contributed by atoms with Gasteiger partial charge in [-0.3, -0.25) is 4.79 Å². The molecular weight excluding hydrogens is 280 g/mol. The molecule has 0 radical (unpaired) electrons. The lowest BCUT2D eigenvalue weighted by molar-refractivity contribution is -0.142. The highest BCUT2D eigenvalue weighted by molar-refractivity contribution is 7.87. The summed E-state index contributed by atoms with van der Waals surface area (Å²) in [6, 6.07) is -0.139. The van der Waals surface area contributed by atoms with Crippen LogP contribution in [0.5, 0.6) is 0 Å². The van der Waals surface area contributed by atoms with Gasteiger partial charge in [0.2, 0.25) is 0 Å². The first-order chi connectivity index (χ1) is 9.26. The average Bonchev–Trinajstić information content (AvgIpc) is 2.37. The van der Waals surface area contributed by atoms with E-state index in [0.717, 1.165) is 12.8 Å². The maximum Gasteiger partial charge on any atom is 0.307 e. The molecule has 0 aromatic carbocycles. The van der Waals surface area contributed by atoms with Crippen LogP contribution < -0.4 is 4.72 Å². The molecule has 0 aromatic rings. The van der Waals surface area contributed by atoms with E-state index in [0.29, 0.717) is 25.3 Å². The van der Waals surface area contributed by atoms with E-state index in [1.807, 2.05) is 6.92 Å². The van der Waals surface area contributed by atoms with E-state index in [4.69, 9.17) is 5.11 Å². The van der Waals surface area contributed by atoms with Crippen LogP contribution in [0.15, 0.2) is 0 Å². The Bertz CT molecular complexity index is 424. The lowest BCUT2D eigenvalue weighted by Crippen LogP contribution is -2.49. The number of nitrogens with zero attached hydrogens (tertiary/aromatic N) is 1. The third-order valence-corrected chi connectivity index (χ3v) is 5.59. The largest absolute Gasteiger partial charge is 0.481 e. The highest BCUT2D eigenvalue weighted by Gasteiger charge is 2.32. The molecule has 7 heteroatoms. The summed E-state index contributed by atoms with van der Waals surface area (Å²) in [6.07, 6.45) is 2.93. The zero-order chi connectivity index (χ0) is 15.3. The van der Waals surface area contributed by atoms with Crippen LogP contribution in [0.3, 0.4) is 0 Å². The predicted molar refractivity (Wildman–Crippen MR) is 77.5 cm³/mol. The van der Waals surface area contributed by atoms with Crippen LogP contribution in [0, 0.1) is 11.8 Å². The van der Waals surface area contributed by atoms with Gasteiger partial charge in [0.1, 0.15) is 0 Å². The molecule has 1 aliphatic heterocycles. The number of hydrogen-bond donors (Lipinski definition) is 2. The Labute approximate surface area is 121 Å². The average molecular weight is 306 g/mol. The third-order valence-electron chi connectivity index (χ3n) is 3.88. The van der Waals surface area contributed by atoms with E-state index in [-0.39, 0.29) is 12.6 Å². The molecular formula is C13H26N2O4S. The maximum absolute atomic E-state index is 12.3. The van der Waals surface area contributed by atoms with Crippen molar-refractivity contribution in [3.8, 4) is 0 Å². The van der Waals surface area contributed by atoms with Crippen LogP contribution in [0.4, 0.5) is 0 Å². The smallest absolute Gasteiger partial charge is 0.307 e. The molecule has 6 nitrogen and oxygen atoms in total. The van der Waals surface area contributed by atoms with E-state index >= 15 is 0 Å². The Morgan fingerprint density at radius 3 is 2.65 bits per heavy atom. The number of rotatable bonds is 7. The molecule has 1 saturated heterocycles. The van der Waals surface area contributed by atoms with E-state index in [1.165, 1.54) is 4.31 Å². The van der Waals surface area contributed by atoms with Gasteiger partial charge in [-0.15, -0.1) is 0 Å². The Morgan fingerprint density at radius 1 is 1.45 bits per heavy atom. The van der Waals surface area contributed by atoms with Crippen molar-refractivity contribution in [2.75, 3.05) is 13.1 Å². The second kappa shape index (κ2) is 7.38. The number of piperidine rings is 1. The first-order valence-electron chi connectivity index (χ1n) is 7.26. The zero-order valence-corrected chi connectivity index (χ0v) is 13.3. The highest BCUT2D eigenvalue weighted by atomic mass is 32.2. The van der Waals surface area contributed by atoms with Gasteiger partial charge in [0.05, 0.1) is 5.92 Å². The summed E-state index contributed by atoms with van der Waals surface area (Å²) in [5.74, 6) is -1.05. The summed E-state index contributed by atoms with van der Waals surface area (Å²) < 4.78 is 28.4. The van der Waals surface area contributed by atoms with Gasteiger partial charge in [-0.25, -0.2) is 0 Å². The molecule has 0 amide bonds. The molecule has 1 heterocycles. The van der Waals surface area contributed by atoms with Crippen LogP contribution in [-0.2, 0) is 15.0 Å². The molecule has 0 bridgehead atoms. The normalized spacial score (nSPS) is 24.2. The summed E-state index contributed by atoms with van der Waals surface area (Å²) in [7, 11) is -3.58. The van der Waals surface area contributed by atoms with Crippen molar-refractivity contribution in [1.29, 1.82) is 0 Å². The Morgan fingerprint density at radius 2 is 2.10 bits per heavy atom. The van der Waals surface area contributed by atoms with Crippen molar-refractivity contribution in [3.63, 3.8) is 0 Å². The van der Waals surface area contributed by atoms with Gasteiger partial charge in [0.25, 0.3) is 10.2 Å². The fourth-order valence-electron chi connectivity index (χ4n) is 2.51. The molecule has 1 rings (SSSR count). The minimum absolute atomic E-state index is 0.0702. The van der Waals surface area contributed by atoms with Gasteiger partial charge < -0.3 is 5.11 Å². The first kappa shape index (κ1) is 17.4. The number of aliphatic carboxylic acids is 1. The van der Waals surface area contributed by atoms with E-state index < -0.39 is 22.1 Å². The molecule has 0 aliphatic carbocycles. The monoisotopic (exact) mass is 306 g/mol. The van der Waals surface area contributed by atoms with Gasteiger partial charge in [0.15, 0.2) is 0 Å². The molecule has 3 unspecified atom stereocenters. The zero-order valence-electron chi connectivity index (χ0n) is 12.5. The van der Waals surface area contributed by atoms with Crippen molar-refractivity contribution >= 4 is 16.2 Å². The van der Waals surface area contributed by atoms with Crippen LogP contribution >= 0.6 is 0 Å². The fourth-order valence-corrected chi connectivity index (χ4v) is 4.01. The molecule has 3 atom stereocenters. The summed E-state index contributed by atoms with van der Waals surface area (Å²) in [5.41, 5.74) is 0. The van der Waals surface area contributed by atoms with Crippen molar-refractivity contribution in [2.45, 2.75) is 52.5 Å². The number of hydrogen-bond acceptors (Lipinski definition) is 3. The molecule has 0 spiro atoms. The third kappa shape index (κ3) is 5.03. The molecule has 1 fully saturated rings. The number of carboxylic acid groups (broad SMARTS) is 1. The molecule has 2 N–H and O–H groups in total. The van der Waals surface area contributed by atoms with Crippen molar-refractivity contribution in [2.24, 2.45) is 11.8 Å². The van der Waals surface area contributed by atoms with E-state index in [9.17, 15) is 13.2 Å². The van der Waals surface area contributed by atoms with E-state index in [2.05, 4.69) is 18.6 Å². The summed E-state index contributed by atoms with van der Waals surface area (Å²) >= 11 is 0. The Balaban J connectivity index is 2.61. The van der Waals surface area contributed by atoms with Gasteiger partial charge in [0, 0.05) is 19.1 Å². The fraction of sp³-hybridized carbons (Fsp3) is 0.923. The first-order valence-corrected chi connectivity index (χ1v) is 8.70. The SMILES string of the molecule is CCC(C)CC(C)NS(=O)(=O)N1CCCC(C(=O)O)C1. The van der Waals surface area contributed by atoms with Crippen LogP contribution in [0.25, 0.3) is 0 Å². The number of nitrogens with one attached hydrogen (secondary N) is 1. The summed E-state index contributed by atoms with van der Waals surface area (Å²) in [4.78, 5) is 11.0. The second-order valence-electron chi connectivity index (χ2n) is 5.81. The quantitative estimate of drug-likeness (QED) is 0.745. The minimum atomic E-state index is -3.58. The molecule has 0 saturated carbocycles. The van der Waals surface area contributed by atoms with Gasteiger partial charge in [-0.1, -0.05) is 20.3 Å². The van der Waals surface area contributed by atoms with Crippen molar-refractivity contribution < 1.29 is 18.3 Å². The lowest BCUT2D eigenvalue weighted by Gasteiger charge is -2.31. The molecule has 118 valence electrons. The van der Waals surface area contributed by atoms with Crippen LogP contribution in [0.2, 0.25) is 0 Å². The minimum Gasteiger partial charge on any atom is -0.481 e. The van der Waals surface area contributed by atoms with Gasteiger partial charge >= 0.3 is 5.97 Å². The topological polar surface area (TPSA) is 86.7 Å². The molecule has 1 aliphatic rings. The van der Waals surface area contributed by atoms with E-state index in [1.54, 1.807) is 0 Å². The standard InChI is InChI=1S/C13H26N2O4S/c1-4-10(2)8-11(3)14-20(18,19)15-7-5-6-12(9-15)13(16)17/h10-12,14H,4-9H2,1-3H3,(H,16,17). The maximum atomic E-state index is 12.3. The number of carbonyl (C=O) groups is 1. The second-order valence-corrected chi connectivity index (χ2v) is 7.51. The van der Waals surface area contributed by atoms with Crippen LogP contribution in [-0.4, -0.2) is 42.9 Å². The summed E-state index contributed by atoms with van der Waals surface area (Å²) in [5, 5.41) is 9.01. The summed E-state index contributed by atoms with van der Waals surface area (Å²) in [6.45, 7) is 6.48. The number of carboxylic acids is 1. The van der Waals surface area contributed by atoms with Gasteiger partial charge in [-0.05, 0) is 32.1 Å². The highest BCUT2D eigenvalue weighted by Crippen LogP contribution is 2.19. The van der Waals surface area contributed by atoms with Crippen LogP contribution in [0.1, 0.15) is 46.5 Å². The molecule has 20 heavy (non-hydrogen) atoms. The lowest BCUT2D eigenvalue weighted by atomic mass is 10.0. The van der Waals surface area contributed by atoms with Crippen molar-refractivity contribution in [3.05, 3.63) is 0 Å². The molecule has 0 aromatic heterocycles. The van der Waals surface area contributed by atoms with Crippen molar-refractivity contribution in [1.82, 2.24) is 9.03 Å². The Kier molecular flexibility index (Phi) is 6.42.